The first-order chi connectivity index (χ1) is 6.38. The normalized spacial score (nSPS) is 42.5. The minimum atomic E-state index is 0.887. The van der Waals surface area contributed by atoms with Gasteiger partial charge in [-0.25, -0.2) is 0 Å². The van der Waals surface area contributed by atoms with Crippen LogP contribution in [0.3, 0.4) is 0 Å². The number of hydrogen-bond acceptors (Lipinski definition) is 0. The molecular formula is C13H22. The number of hydrogen-bond donors (Lipinski definition) is 0. The zero-order valence-corrected chi connectivity index (χ0v) is 8.73. The first-order valence-corrected chi connectivity index (χ1v) is 6.38. The Labute approximate surface area is 82.1 Å². The van der Waals surface area contributed by atoms with Crippen molar-refractivity contribution in [3.8, 4) is 0 Å². The Morgan fingerprint density at radius 2 is 1.46 bits per heavy atom. The summed E-state index contributed by atoms with van der Waals surface area (Å²) >= 11 is 0. The quantitative estimate of drug-likeness (QED) is 0.523. The van der Waals surface area contributed by atoms with Crippen LogP contribution >= 0.6 is 0 Å². The van der Waals surface area contributed by atoms with Gasteiger partial charge >= 0.3 is 0 Å². The highest BCUT2D eigenvalue weighted by molar-refractivity contribution is 4.95. The van der Waals surface area contributed by atoms with Crippen LogP contribution in [0.2, 0.25) is 0 Å². The van der Waals surface area contributed by atoms with E-state index in [-0.39, 0.29) is 0 Å². The van der Waals surface area contributed by atoms with Crippen LogP contribution in [0.1, 0.15) is 64.2 Å². The van der Waals surface area contributed by atoms with Crippen molar-refractivity contribution in [3.63, 3.8) is 0 Å². The van der Waals surface area contributed by atoms with Crippen LogP contribution in [-0.2, 0) is 0 Å². The summed E-state index contributed by atoms with van der Waals surface area (Å²) in [4.78, 5) is 0. The molecule has 0 radical (unpaired) electrons. The van der Waals surface area contributed by atoms with Crippen molar-refractivity contribution in [1.82, 2.24) is 0 Å². The average Bonchev–Trinajstić information content (AvgIpc) is 2.15. The van der Waals surface area contributed by atoms with E-state index in [1.165, 1.54) is 19.3 Å². The molecule has 0 nitrogen and oxygen atoms in total. The van der Waals surface area contributed by atoms with Gasteiger partial charge in [0.2, 0.25) is 0 Å². The van der Waals surface area contributed by atoms with Crippen LogP contribution in [-0.4, -0.2) is 0 Å². The first kappa shape index (κ1) is 8.32. The lowest BCUT2D eigenvalue weighted by atomic mass is 9.54. The second-order valence-corrected chi connectivity index (χ2v) is 5.90. The molecule has 13 heavy (non-hydrogen) atoms. The smallest absolute Gasteiger partial charge is 0.0295 e. The van der Waals surface area contributed by atoms with Crippen molar-refractivity contribution >= 4 is 0 Å². The van der Waals surface area contributed by atoms with E-state index in [2.05, 4.69) is 0 Å². The third-order valence-electron chi connectivity index (χ3n) is 5.22. The predicted molar refractivity (Wildman–Crippen MR) is 55.6 cm³/mol. The summed E-state index contributed by atoms with van der Waals surface area (Å²) in [6.07, 6.45) is 15.7. The predicted octanol–water partition coefficient (Wildman–Crippen LogP) is 4.15. The van der Waals surface area contributed by atoms with Gasteiger partial charge in [0, 0.05) is 0 Å². The summed E-state index contributed by atoms with van der Waals surface area (Å²) in [5.74, 6) is 2.31. The summed E-state index contributed by atoms with van der Waals surface area (Å²) in [5.41, 5.74) is 0.887. The summed E-state index contributed by atoms with van der Waals surface area (Å²) in [6.45, 7) is 0. The zero-order chi connectivity index (χ0) is 8.73. The van der Waals surface area contributed by atoms with E-state index in [1.54, 1.807) is 44.9 Å². The highest BCUT2D eigenvalue weighted by Gasteiger charge is 2.44. The van der Waals surface area contributed by atoms with Crippen molar-refractivity contribution in [3.05, 3.63) is 0 Å². The van der Waals surface area contributed by atoms with E-state index in [0.29, 0.717) is 0 Å². The Kier molecular flexibility index (Phi) is 1.92. The van der Waals surface area contributed by atoms with Crippen molar-refractivity contribution in [2.75, 3.05) is 0 Å². The maximum Gasteiger partial charge on any atom is -0.0295 e. The van der Waals surface area contributed by atoms with Crippen molar-refractivity contribution in [2.45, 2.75) is 64.2 Å². The summed E-state index contributed by atoms with van der Waals surface area (Å²) < 4.78 is 0. The van der Waals surface area contributed by atoms with E-state index in [1.807, 2.05) is 0 Å². The molecule has 3 saturated carbocycles. The number of fused-ring (bicyclic) bond motifs is 1. The molecule has 0 bridgehead atoms. The van der Waals surface area contributed by atoms with Crippen LogP contribution in [0.15, 0.2) is 0 Å². The minimum absolute atomic E-state index is 0.887. The van der Waals surface area contributed by atoms with E-state index < -0.39 is 0 Å². The van der Waals surface area contributed by atoms with Gasteiger partial charge in [-0.05, 0) is 49.4 Å². The van der Waals surface area contributed by atoms with E-state index >= 15 is 0 Å². The van der Waals surface area contributed by atoms with Gasteiger partial charge in [0.25, 0.3) is 0 Å². The van der Waals surface area contributed by atoms with Gasteiger partial charge in [-0.2, -0.15) is 0 Å². The molecule has 0 aromatic carbocycles. The molecule has 0 amide bonds. The monoisotopic (exact) mass is 178 g/mol. The molecule has 0 aromatic heterocycles. The molecule has 0 N–H and O–H groups in total. The Morgan fingerprint density at radius 3 is 2.15 bits per heavy atom. The third kappa shape index (κ3) is 1.33. The highest BCUT2D eigenvalue weighted by atomic mass is 14.5. The molecule has 1 spiro atoms. The van der Waals surface area contributed by atoms with Gasteiger partial charge in [0.1, 0.15) is 0 Å². The minimum Gasteiger partial charge on any atom is -0.0530 e. The second kappa shape index (κ2) is 3.00. The van der Waals surface area contributed by atoms with Crippen LogP contribution < -0.4 is 0 Å². The number of rotatable bonds is 0. The summed E-state index contributed by atoms with van der Waals surface area (Å²) in [7, 11) is 0. The van der Waals surface area contributed by atoms with Gasteiger partial charge in [-0.3, -0.25) is 0 Å². The fourth-order valence-electron chi connectivity index (χ4n) is 4.21. The van der Waals surface area contributed by atoms with E-state index in [4.69, 9.17) is 0 Å². The zero-order valence-electron chi connectivity index (χ0n) is 8.73. The van der Waals surface area contributed by atoms with Gasteiger partial charge in [0.05, 0.1) is 0 Å². The van der Waals surface area contributed by atoms with Crippen molar-refractivity contribution < 1.29 is 0 Å². The Morgan fingerprint density at radius 1 is 0.692 bits per heavy atom. The molecule has 0 aliphatic heterocycles. The lowest BCUT2D eigenvalue weighted by molar-refractivity contribution is 0.000171. The molecule has 0 saturated heterocycles. The van der Waals surface area contributed by atoms with Crippen LogP contribution in [0.25, 0.3) is 0 Å². The summed E-state index contributed by atoms with van der Waals surface area (Å²) in [5, 5.41) is 0. The molecular weight excluding hydrogens is 156 g/mol. The molecule has 0 aromatic rings. The second-order valence-electron chi connectivity index (χ2n) is 5.90. The first-order valence-electron chi connectivity index (χ1n) is 6.38. The molecule has 0 heterocycles. The van der Waals surface area contributed by atoms with E-state index in [0.717, 1.165) is 17.3 Å². The van der Waals surface area contributed by atoms with Crippen LogP contribution in [0.4, 0.5) is 0 Å². The molecule has 3 aliphatic carbocycles. The molecule has 74 valence electrons. The molecule has 0 heteroatoms. The molecule has 2 atom stereocenters. The molecule has 2 unspecified atom stereocenters. The third-order valence-corrected chi connectivity index (χ3v) is 5.22. The fourth-order valence-corrected chi connectivity index (χ4v) is 4.21. The SMILES string of the molecule is C1CCC2CC3(CCC3)CCC2C1. The Bertz CT molecular complexity index is 190. The van der Waals surface area contributed by atoms with Crippen molar-refractivity contribution in [2.24, 2.45) is 17.3 Å². The maximum absolute atomic E-state index is 1.62. The van der Waals surface area contributed by atoms with Crippen LogP contribution in [0.5, 0.6) is 0 Å². The highest BCUT2D eigenvalue weighted by Crippen LogP contribution is 2.57. The average molecular weight is 178 g/mol. The lowest BCUT2D eigenvalue weighted by Crippen LogP contribution is -2.39. The van der Waals surface area contributed by atoms with Gasteiger partial charge in [-0.1, -0.05) is 32.1 Å². The Balaban J connectivity index is 1.69. The largest absolute Gasteiger partial charge is 0.0530 e. The van der Waals surface area contributed by atoms with Gasteiger partial charge < -0.3 is 0 Å². The molecule has 3 fully saturated rings. The van der Waals surface area contributed by atoms with E-state index in [9.17, 15) is 0 Å². The fraction of sp³-hybridized carbons (Fsp3) is 1.00. The maximum atomic E-state index is 1.62. The van der Waals surface area contributed by atoms with Crippen molar-refractivity contribution in [1.29, 1.82) is 0 Å². The lowest BCUT2D eigenvalue weighted by Gasteiger charge is -2.51. The summed E-state index contributed by atoms with van der Waals surface area (Å²) in [6, 6.07) is 0. The molecule has 3 rings (SSSR count). The van der Waals surface area contributed by atoms with Gasteiger partial charge in [-0.15, -0.1) is 0 Å². The topological polar surface area (TPSA) is 0 Å². The standard InChI is InChI=1S/C13H22/c1-2-5-12-10-13(7-3-8-13)9-6-11(12)4-1/h11-12H,1-10H2. The Hall–Kier alpha value is 0. The van der Waals surface area contributed by atoms with Crippen LogP contribution in [0, 0.1) is 17.3 Å². The molecule has 3 aliphatic rings. The van der Waals surface area contributed by atoms with Gasteiger partial charge in [0.15, 0.2) is 0 Å².